The second-order valence-electron chi connectivity index (χ2n) is 7.12. The molecule has 120 valence electrons. The highest BCUT2D eigenvalue weighted by molar-refractivity contribution is 7.90. The van der Waals surface area contributed by atoms with Crippen molar-refractivity contribution in [3.63, 3.8) is 0 Å². The van der Waals surface area contributed by atoms with Crippen molar-refractivity contribution in [1.82, 2.24) is 9.21 Å². The average Bonchev–Trinajstić information content (AvgIpc) is 3.34. The lowest BCUT2D eigenvalue weighted by molar-refractivity contribution is 0.147. The van der Waals surface area contributed by atoms with Crippen LogP contribution in [0.1, 0.15) is 31.2 Å². The molecule has 5 heteroatoms. The summed E-state index contributed by atoms with van der Waals surface area (Å²) in [6.45, 7) is 2.39. The van der Waals surface area contributed by atoms with Gasteiger partial charge < -0.3 is 4.90 Å². The molecule has 2 atom stereocenters. The summed E-state index contributed by atoms with van der Waals surface area (Å²) in [6.07, 6.45) is 3.78. The smallest absolute Gasteiger partial charge is 0.217 e. The fraction of sp³-hybridized carbons (Fsp3) is 0.647. The van der Waals surface area contributed by atoms with E-state index in [9.17, 15) is 8.42 Å². The number of likely N-dealkylation sites (tertiary alicyclic amines) is 1. The van der Waals surface area contributed by atoms with E-state index in [-0.39, 0.29) is 10.7 Å². The van der Waals surface area contributed by atoms with Crippen LogP contribution in [0.3, 0.4) is 0 Å². The molecule has 4 nitrogen and oxygen atoms in total. The molecule has 0 amide bonds. The van der Waals surface area contributed by atoms with Gasteiger partial charge in [0.05, 0.1) is 5.25 Å². The molecule has 1 aliphatic carbocycles. The van der Waals surface area contributed by atoms with E-state index in [4.69, 9.17) is 0 Å². The van der Waals surface area contributed by atoms with Crippen molar-refractivity contribution in [2.24, 2.45) is 0 Å². The molecule has 1 saturated carbocycles. The van der Waals surface area contributed by atoms with E-state index in [0.717, 1.165) is 32.2 Å². The minimum atomic E-state index is -3.05. The Morgan fingerprint density at radius 2 is 1.77 bits per heavy atom. The topological polar surface area (TPSA) is 40.6 Å². The van der Waals surface area contributed by atoms with Gasteiger partial charge in [-0.25, -0.2) is 12.7 Å². The Morgan fingerprint density at radius 1 is 1.09 bits per heavy atom. The normalized spacial score (nSPS) is 33.8. The average molecular weight is 320 g/mol. The molecule has 2 aliphatic heterocycles. The van der Waals surface area contributed by atoms with Gasteiger partial charge >= 0.3 is 0 Å². The van der Waals surface area contributed by atoms with E-state index in [1.165, 1.54) is 5.56 Å². The van der Waals surface area contributed by atoms with Gasteiger partial charge in [-0.05, 0) is 44.8 Å². The summed E-state index contributed by atoms with van der Waals surface area (Å²) in [5.41, 5.74) is 1.51. The number of fused-ring (bicyclic) bond motifs is 1. The highest BCUT2D eigenvalue weighted by Gasteiger charge is 2.53. The first-order valence-corrected chi connectivity index (χ1v) is 9.79. The number of piperidine rings is 1. The van der Waals surface area contributed by atoms with Gasteiger partial charge in [0.2, 0.25) is 10.0 Å². The lowest BCUT2D eigenvalue weighted by Crippen LogP contribution is -2.56. The van der Waals surface area contributed by atoms with Crippen LogP contribution in [-0.2, 0) is 15.4 Å². The van der Waals surface area contributed by atoms with E-state index < -0.39 is 10.0 Å². The summed E-state index contributed by atoms with van der Waals surface area (Å²) >= 11 is 0. The number of sulfonamides is 1. The molecular weight excluding hydrogens is 296 g/mol. The molecule has 22 heavy (non-hydrogen) atoms. The second-order valence-corrected chi connectivity index (χ2v) is 9.33. The molecule has 0 aromatic heterocycles. The van der Waals surface area contributed by atoms with Crippen LogP contribution in [0.15, 0.2) is 30.3 Å². The number of nitrogens with zero attached hydrogens (tertiary/aromatic N) is 2. The zero-order valence-electron chi connectivity index (χ0n) is 13.1. The van der Waals surface area contributed by atoms with Crippen LogP contribution in [-0.4, -0.2) is 55.6 Å². The first-order chi connectivity index (χ1) is 10.5. The van der Waals surface area contributed by atoms with Crippen molar-refractivity contribution < 1.29 is 8.42 Å². The molecule has 3 fully saturated rings. The first kappa shape index (κ1) is 14.7. The van der Waals surface area contributed by atoms with Crippen molar-refractivity contribution >= 4 is 10.0 Å². The predicted octanol–water partition coefficient (Wildman–Crippen LogP) is 1.83. The molecule has 0 radical (unpaired) electrons. The number of benzene rings is 1. The predicted molar refractivity (Wildman–Crippen MR) is 87.3 cm³/mol. The minimum Gasteiger partial charge on any atom is -0.301 e. The van der Waals surface area contributed by atoms with Crippen molar-refractivity contribution in [3.05, 3.63) is 35.9 Å². The van der Waals surface area contributed by atoms with Crippen LogP contribution < -0.4 is 0 Å². The Kier molecular flexibility index (Phi) is 3.36. The Hall–Kier alpha value is -0.910. The lowest BCUT2D eigenvalue weighted by Gasteiger charge is -2.45. The Labute approximate surface area is 133 Å². The van der Waals surface area contributed by atoms with Crippen LogP contribution in [0.25, 0.3) is 0 Å². The summed E-state index contributed by atoms with van der Waals surface area (Å²) < 4.78 is 27.0. The second kappa shape index (κ2) is 5.05. The fourth-order valence-electron chi connectivity index (χ4n) is 4.39. The van der Waals surface area contributed by atoms with E-state index in [1.54, 1.807) is 4.31 Å². The van der Waals surface area contributed by atoms with Gasteiger partial charge in [-0.1, -0.05) is 30.3 Å². The van der Waals surface area contributed by atoms with Crippen LogP contribution in [0.2, 0.25) is 0 Å². The third-order valence-electron chi connectivity index (χ3n) is 5.92. The third kappa shape index (κ3) is 2.14. The number of hydrogen-bond acceptors (Lipinski definition) is 3. The minimum absolute atomic E-state index is 0.0940. The molecule has 1 aromatic carbocycles. The van der Waals surface area contributed by atoms with Crippen LogP contribution in [0.4, 0.5) is 0 Å². The van der Waals surface area contributed by atoms with Gasteiger partial charge in [0.15, 0.2) is 0 Å². The summed E-state index contributed by atoms with van der Waals surface area (Å²) in [6, 6.07) is 11.0. The molecule has 4 rings (SSSR count). The molecule has 0 N–H and O–H groups in total. The fourth-order valence-corrected chi connectivity index (χ4v) is 6.24. The van der Waals surface area contributed by atoms with Gasteiger partial charge in [0, 0.05) is 24.5 Å². The number of rotatable bonds is 3. The maximum absolute atomic E-state index is 12.6. The Morgan fingerprint density at radius 3 is 2.45 bits per heavy atom. The summed E-state index contributed by atoms with van der Waals surface area (Å²) in [7, 11) is -0.912. The van der Waals surface area contributed by atoms with Crippen molar-refractivity contribution in [1.29, 1.82) is 0 Å². The SMILES string of the molecule is CN1CC[C@@]2(c3ccccc3)CCN(S(=O)(=O)C3CC3)C[C@H]12. The standard InChI is InChI=1S/C17H24N2O2S/c1-18-11-9-17(14-5-3-2-4-6-14)10-12-19(13-16(17)18)22(20,21)15-7-8-15/h2-6,15-16H,7-13H2,1H3/t16-,17-/m0/s1. The molecule has 3 aliphatic rings. The third-order valence-corrected chi connectivity index (χ3v) is 8.28. The zero-order valence-corrected chi connectivity index (χ0v) is 13.9. The van der Waals surface area contributed by atoms with Crippen LogP contribution in [0, 0.1) is 0 Å². The van der Waals surface area contributed by atoms with Crippen LogP contribution in [0.5, 0.6) is 0 Å². The van der Waals surface area contributed by atoms with Gasteiger partial charge in [0.25, 0.3) is 0 Å². The first-order valence-electron chi connectivity index (χ1n) is 8.29. The van der Waals surface area contributed by atoms with Gasteiger partial charge in [0.1, 0.15) is 0 Å². The summed E-state index contributed by atoms with van der Waals surface area (Å²) in [5.74, 6) is 0. The van der Waals surface area contributed by atoms with Gasteiger partial charge in [-0.2, -0.15) is 0 Å². The number of hydrogen-bond donors (Lipinski definition) is 0. The molecular formula is C17H24N2O2S. The van der Waals surface area contributed by atoms with Crippen molar-refractivity contribution in [2.75, 3.05) is 26.7 Å². The molecule has 0 unspecified atom stereocenters. The van der Waals surface area contributed by atoms with E-state index in [0.29, 0.717) is 19.1 Å². The monoisotopic (exact) mass is 320 g/mol. The van der Waals surface area contributed by atoms with Crippen LogP contribution >= 0.6 is 0 Å². The molecule has 0 bridgehead atoms. The molecule has 2 saturated heterocycles. The largest absolute Gasteiger partial charge is 0.301 e. The summed E-state index contributed by atoms with van der Waals surface area (Å²) in [4.78, 5) is 2.36. The van der Waals surface area contributed by atoms with Crippen molar-refractivity contribution in [3.8, 4) is 0 Å². The zero-order chi connectivity index (χ0) is 15.4. The van der Waals surface area contributed by atoms with E-state index in [1.807, 2.05) is 0 Å². The maximum atomic E-state index is 12.6. The van der Waals surface area contributed by atoms with Gasteiger partial charge in [-0.15, -0.1) is 0 Å². The quantitative estimate of drug-likeness (QED) is 0.853. The van der Waals surface area contributed by atoms with E-state index in [2.05, 4.69) is 42.3 Å². The maximum Gasteiger partial charge on any atom is 0.217 e. The van der Waals surface area contributed by atoms with Crippen molar-refractivity contribution in [2.45, 2.75) is 42.4 Å². The Bertz CT molecular complexity index is 656. The highest BCUT2D eigenvalue weighted by Crippen LogP contribution is 2.46. The summed E-state index contributed by atoms with van der Waals surface area (Å²) in [5, 5.41) is -0.0940. The molecule has 0 spiro atoms. The Balaban J connectivity index is 1.66. The molecule has 1 aromatic rings. The molecule has 2 heterocycles. The van der Waals surface area contributed by atoms with Gasteiger partial charge in [-0.3, -0.25) is 0 Å². The van der Waals surface area contributed by atoms with E-state index >= 15 is 0 Å². The number of likely N-dealkylation sites (N-methyl/N-ethyl adjacent to an activating group) is 1. The highest BCUT2D eigenvalue weighted by atomic mass is 32.2. The lowest BCUT2D eigenvalue weighted by atomic mass is 9.70.